The molecule has 1 fully saturated rings. The van der Waals surface area contributed by atoms with Crippen molar-refractivity contribution in [3.05, 3.63) is 48.0 Å². The molecule has 9 nitrogen and oxygen atoms in total. The second-order valence-corrected chi connectivity index (χ2v) is 9.45. The lowest BCUT2D eigenvalue weighted by Crippen LogP contribution is -2.34. The molecule has 0 saturated heterocycles. The van der Waals surface area contributed by atoms with Crippen LogP contribution < -0.4 is 24.8 Å². The Morgan fingerprint density at radius 1 is 0.970 bits per heavy atom. The summed E-state index contributed by atoms with van der Waals surface area (Å²) in [7, 11) is -0.986. The molecule has 0 atom stereocenters. The molecule has 2 amide bonds. The molecule has 33 heavy (non-hydrogen) atoms. The summed E-state index contributed by atoms with van der Waals surface area (Å²) < 4.78 is 37.8. The molecule has 0 heterocycles. The number of ether oxygens (including phenoxy) is 2. The molecule has 178 valence electrons. The molecule has 2 aromatic carbocycles. The lowest BCUT2D eigenvalue weighted by atomic mass is 10.1. The Labute approximate surface area is 193 Å². The van der Waals surface area contributed by atoms with Crippen molar-refractivity contribution in [1.82, 2.24) is 10.0 Å². The van der Waals surface area contributed by atoms with Crippen LogP contribution in [0.25, 0.3) is 0 Å². The van der Waals surface area contributed by atoms with E-state index >= 15 is 0 Å². The Kier molecular flexibility index (Phi) is 8.29. The van der Waals surface area contributed by atoms with E-state index in [4.69, 9.17) is 9.47 Å². The van der Waals surface area contributed by atoms with Gasteiger partial charge in [0, 0.05) is 36.3 Å². The molecule has 0 spiro atoms. The Balaban J connectivity index is 1.48. The van der Waals surface area contributed by atoms with Gasteiger partial charge in [0.15, 0.2) is 0 Å². The van der Waals surface area contributed by atoms with Crippen LogP contribution >= 0.6 is 0 Å². The van der Waals surface area contributed by atoms with E-state index in [1.165, 1.54) is 32.4 Å². The summed E-state index contributed by atoms with van der Waals surface area (Å²) in [5.74, 6) is 0.373. The third-order valence-corrected chi connectivity index (χ3v) is 7.00. The summed E-state index contributed by atoms with van der Waals surface area (Å²) in [4.78, 5) is 24.5. The molecule has 2 aromatic rings. The molecule has 0 aliphatic heterocycles. The van der Waals surface area contributed by atoms with E-state index in [1.807, 2.05) is 0 Å². The number of sulfonamides is 1. The van der Waals surface area contributed by atoms with Crippen LogP contribution in [0.1, 0.15) is 36.0 Å². The maximum atomic E-state index is 12.6. The standard InChI is InChI=1S/C23H29N3O6S/c1-31-19-11-12-21(20(15-19)32-2)33(29,30)25-14-13-24-22(27)17-7-9-18(10-8-17)26-23(28)16-5-3-4-6-16/h7-12,15-16,25H,3-6,13-14H2,1-2H3,(H,24,27)(H,26,28). The van der Waals surface area contributed by atoms with Crippen molar-refractivity contribution in [2.75, 3.05) is 32.6 Å². The summed E-state index contributed by atoms with van der Waals surface area (Å²) in [5.41, 5.74) is 1.05. The van der Waals surface area contributed by atoms with E-state index in [9.17, 15) is 18.0 Å². The van der Waals surface area contributed by atoms with Crippen LogP contribution in [0, 0.1) is 5.92 Å². The Bertz CT molecular complexity index is 1080. The third-order valence-electron chi connectivity index (χ3n) is 5.50. The largest absolute Gasteiger partial charge is 0.497 e. The van der Waals surface area contributed by atoms with Gasteiger partial charge in [0.1, 0.15) is 16.4 Å². The zero-order valence-corrected chi connectivity index (χ0v) is 19.5. The molecule has 0 bridgehead atoms. The number of carbonyl (C=O) groups excluding carboxylic acids is 2. The van der Waals surface area contributed by atoms with Crippen molar-refractivity contribution in [3.63, 3.8) is 0 Å². The number of methoxy groups -OCH3 is 2. The summed E-state index contributed by atoms with van der Waals surface area (Å²) in [5, 5.41) is 5.56. The summed E-state index contributed by atoms with van der Waals surface area (Å²) in [6, 6.07) is 11.0. The molecule has 0 radical (unpaired) electrons. The monoisotopic (exact) mass is 475 g/mol. The fourth-order valence-corrected chi connectivity index (χ4v) is 4.86. The van der Waals surface area contributed by atoms with Gasteiger partial charge in [-0.3, -0.25) is 9.59 Å². The summed E-state index contributed by atoms with van der Waals surface area (Å²) in [6.45, 7) is 0.0927. The molecule has 1 aliphatic carbocycles. The van der Waals surface area contributed by atoms with Crippen molar-refractivity contribution >= 4 is 27.5 Å². The van der Waals surface area contributed by atoms with Gasteiger partial charge in [-0.25, -0.2) is 13.1 Å². The second-order valence-electron chi connectivity index (χ2n) is 7.72. The van der Waals surface area contributed by atoms with Gasteiger partial charge in [-0.05, 0) is 49.2 Å². The minimum atomic E-state index is -3.84. The molecular formula is C23H29N3O6S. The molecule has 1 aliphatic rings. The molecule has 10 heteroatoms. The first-order chi connectivity index (χ1) is 15.8. The highest BCUT2D eigenvalue weighted by Gasteiger charge is 2.23. The van der Waals surface area contributed by atoms with E-state index in [-0.39, 0.29) is 41.5 Å². The van der Waals surface area contributed by atoms with E-state index < -0.39 is 10.0 Å². The van der Waals surface area contributed by atoms with Crippen LogP contribution in [0.5, 0.6) is 11.5 Å². The van der Waals surface area contributed by atoms with Crippen LogP contribution in [-0.4, -0.2) is 47.5 Å². The van der Waals surface area contributed by atoms with Gasteiger partial charge in [0.2, 0.25) is 15.9 Å². The van der Waals surface area contributed by atoms with Crippen molar-refractivity contribution in [2.45, 2.75) is 30.6 Å². The topological polar surface area (TPSA) is 123 Å². The van der Waals surface area contributed by atoms with Gasteiger partial charge in [-0.2, -0.15) is 0 Å². The average Bonchev–Trinajstić information content (AvgIpc) is 3.37. The van der Waals surface area contributed by atoms with Crippen molar-refractivity contribution < 1.29 is 27.5 Å². The molecule has 0 aromatic heterocycles. The van der Waals surface area contributed by atoms with Gasteiger partial charge < -0.3 is 20.1 Å². The fraction of sp³-hybridized carbons (Fsp3) is 0.391. The van der Waals surface area contributed by atoms with Crippen LogP contribution in [0.15, 0.2) is 47.4 Å². The number of amides is 2. The maximum Gasteiger partial charge on any atom is 0.251 e. The number of carbonyl (C=O) groups is 2. The van der Waals surface area contributed by atoms with Crippen LogP contribution in [0.4, 0.5) is 5.69 Å². The van der Waals surface area contributed by atoms with Crippen molar-refractivity contribution in [3.8, 4) is 11.5 Å². The quantitative estimate of drug-likeness (QED) is 0.454. The molecule has 1 saturated carbocycles. The lowest BCUT2D eigenvalue weighted by molar-refractivity contribution is -0.119. The zero-order chi connectivity index (χ0) is 23.8. The number of nitrogens with one attached hydrogen (secondary N) is 3. The highest BCUT2D eigenvalue weighted by molar-refractivity contribution is 7.89. The molecule has 0 unspecified atom stereocenters. The Morgan fingerprint density at radius 3 is 2.30 bits per heavy atom. The first-order valence-electron chi connectivity index (χ1n) is 10.7. The van der Waals surface area contributed by atoms with Gasteiger partial charge >= 0.3 is 0 Å². The first-order valence-corrected chi connectivity index (χ1v) is 12.2. The van der Waals surface area contributed by atoms with E-state index in [0.29, 0.717) is 17.0 Å². The molecule has 3 N–H and O–H groups in total. The molecular weight excluding hydrogens is 446 g/mol. The average molecular weight is 476 g/mol. The normalized spacial score (nSPS) is 14.0. The highest BCUT2D eigenvalue weighted by atomic mass is 32.2. The molecule has 3 rings (SSSR count). The zero-order valence-electron chi connectivity index (χ0n) is 18.7. The maximum absolute atomic E-state index is 12.6. The van der Waals surface area contributed by atoms with Crippen LogP contribution in [-0.2, 0) is 14.8 Å². The number of benzene rings is 2. The minimum absolute atomic E-state index is 0.00120. The van der Waals surface area contributed by atoms with E-state index in [2.05, 4.69) is 15.4 Å². The minimum Gasteiger partial charge on any atom is -0.497 e. The van der Waals surface area contributed by atoms with Gasteiger partial charge in [0.05, 0.1) is 14.2 Å². The highest BCUT2D eigenvalue weighted by Crippen LogP contribution is 2.28. The Morgan fingerprint density at radius 2 is 1.67 bits per heavy atom. The number of hydrogen-bond acceptors (Lipinski definition) is 6. The fourth-order valence-electron chi connectivity index (χ4n) is 3.68. The SMILES string of the molecule is COc1ccc(S(=O)(=O)NCCNC(=O)c2ccc(NC(=O)C3CCCC3)cc2)c(OC)c1. The van der Waals surface area contributed by atoms with Gasteiger partial charge in [0.25, 0.3) is 5.91 Å². The number of rotatable bonds is 10. The van der Waals surface area contributed by atoms with Crippen molar-refractivity contribution in [1.29, 1.82) is 0 Å². The van der Waals surface area contributed by atoms with Crippen LogP contribution in [0.3, 0.4) is 0 Å². The van der Waals surface area contributed by atoms with Crippen molar-refractivity contribution in [2.24, 2.45) is 5.92 Å². The first kappa shape index (κ1) is 24.5. The van der Waals surface area contributed by atoms with Crippen LogP contribution in [0.2, 0.25) is 0 Å². The summed E-state index contributed by atoms with van der Waals surface area (Å²) >= 11 is 0. The van der Waals surface area contributed by atoms with Gasteiger partial charge in [-0.1, -0.05) is 12.8 Å². The third kappa shape index (κ3) is 6.45. The van der Waals surface area contributed by atoms with E-state index in [0.717, 1.165) is 25.7 Å². The second kappa shape index (κ2) is 11.2. The van der Waals surface area contributed by atoms with E-state index in [1.54, 1.807) is 24.3 Å². The Hall–Kier alpha value is -3.11. The lowest BCUT2D eigenvalue weighted by Gasteiger charge is -2.12. The predicted molar refractivity (Wildman–Crippen MR) is 124 cm³/mol. The number of anilines is 1. The summed E-state index contributed by atoms with van der Waals surface area (Å²) in [6.07, 6.45) is 4.00. The van der Waals surface area contributed by atoms with Gasteiger partial charge in [-0.15, -0.1) is 0 Å². The smallest absolute Gasteiger partial charge is 0.251 e. The predicted octanol–water partition coefficient (Wildman–Crippen LogP) is 2.54. The number of hydrogen-bond donors (Lipinski definition) is 3.